The van der Waals surface area contributed by atoms with Gasteiger partial charge in [0.15, 0.2) is 12.4 Å². The average molecular weight is 415 g/mol. The molecule has 0 heterocycles. The number of anilines is 1. The first-order chi connectivity index (χ1) is 14.2. The van der Waals surface area contributed by atoms with Crippen LogP contribution in [0, 0.1) is 24.0 Å². The fourth-order valence-corrected chi connectivity index (χ4v) is 2.60. The summed E-state index contributed by atoms with van der Waals surface area (Å²) < 4.78 is 9.70. The van der Waals surface area contributed by atoms with Crippen LogP contribution in [0.4, 0.5) is 11.4 Å². The number of nitro benzene ring substituents is 1. The molecule has 10 nitrogen and oxygen atoms in total. The average Bonchev–Trinajstić information content (AvgIpc) is 2.72. The molecule has 2 aromatic carbocycles. The van der Waals surface area contributed by atoms with E-state index in [4.69, 9.17) is 4.74 Å². The number of carbonyl (C=O) groups is 3. The summed E-state index contributed by atoms with van der Waals surface area (Å²) in [6.45, 7) is 2.87. The molecule has 0 fully saturated rings. The van der Waals surface area contributed by atoms with Crippen molar-refractivity contribution in [2.75, 3.05) is 25.6 Å². The van der Waals surface area contributed by atoms with Gasteiger partial charge in [-0.3, -0.25) is 19.7 Å². The Hall–Kier alpha value is -3.95. The summed E-state index contributed by atoms with van der Waals surface area (Å²) in [7, 11) is 1.15. The normalized spacial score (nSPS) is 10.1. The molecule has 0 saturated heterocycles. The van der Waals surface area contributed by atoms with Gasteiger partial charge in [-0.15, -0.1) is 0 Å². The summed E-state index contributed by atoms with van der Waals surface area (Å²) in [5.41, 5.74) is 1.94. The third-order valence-corrected chi connectivity index (χ3v) is 4.13. The molecule has 2 amide bonds. The maximum atomic E-state index is 12.1. The van der Waals surface area contributed by atoms with Crippen molar-refractivity contribution in [3.63, 3.8) is 0 Å². The van der Waals surface area contributed by atoms with Crippen LogP contribution in [0.1, 0.15) is 21.5 Å². The van der Waals surface area contributed by atoms with Crippen molar-refractivity contribution in [2.45, 2.75) is 13.8 Å². The minimum Gasteiger partial charge on any atom is -0.477 e. The Balaban J connectivity index is 1.92. The minimum absolute atomic E-state index is 0.0239. The Labute approximate surface area is 172 Å². The first kappa shape index (κ1) is 22.3. The molecule has 0 bridgehead atoms. The van der Waals surface area contributed by atoms with Gasteiger partial charge in [-0.2, -0.15) is 0 Å². The standard InChI is InChI=1S/C20H21N3O7/c1-12-5-4-6-13(2)19(12)22-17(24)10-21-18(25)11-30-16-8-7-14(20(26)29-3)9-15(16)23(27)28/h4-9H,10-11H2,1-3H3,(H,21,25)(H,22,24). The summed E-state index contributed by atoms with van der Waals surface area (Å²) in [5, 5.41) is 16.3. The fourth-order valence-electron chi connectivity index (χ4n) is 2.60. The largest absolute Gasteiger partial charge is 0.477 e. The van der Waals surface area contributed by atoms with E-state index in [1.54, 1.807) is 0 Å². The lowest BCUT2D eigenvalue weighted by atomic mass is 10.1. The smallest absolute Gasteiger partial charge is 0.338 e. The third kappa shape index (κ3) is 5.77. The molecular formula is C20H21N3O7. The zero-order valence-corrected chi connectivity index (χ0v) is 16.7. The maximum absolute atomic E-state index is 12.1. The Morgan fingerprint density at radius 2 is 1.73 bits per heavy atom. The fraction of sp³-hybridized carbons (Fsp3) is 0.250. The quantitative estimate of drug-likeness (QED) is 0.383. The highest BCUT2D eigenvalue weighted by atomic mass is 16.6. The molecule has 0 atom stereocenters. The van der Waals surface area contributed by atoms with Gasteiger partial charge in [-0.1, -0.05) is 18.2 Å². The molecule has 0 aliphatic heterocycles. The molecule has 0 aromatic heterocycles. The number of amides is 2. The van der Waals surface area contributed by atoms with Crippen LogP contribution in [-0.4, -0.2) is 43.0 Å². The second-order valence-electron chi connectivity index (χ2n) is 6.31. The SMILES string of the molecule is COC(=O)c1ccc(OCC(=O)NCC(=O)Nc2c(C)cccc2C)c([N+](=O)[O-])c1. The molecular weight excluding hydrogens is 394 g/mol. The first-order valence-electron chi connectivity index (χ1n) is 8.85. The van der Waals surface area contributed by atoms with E-state index >= 15 is 0 Å². The first-order valence-corrected chi connectivity index (χ1v) is 8.85. The predicted molar refractivity (Wildman–Crippen MR) is 107 cm³/mol. The van der Waals surface area contributed by atoms with Gasteiger partial charge < -0.3 is 20.1 Å². The van der Waals surface area contributed by atoms with E-state index in [1.807, 2.05) is 32.0 Å². The number of aryl methyl sites for hydroxylation is 2. The van der Waals surface area contributed by atoms with Crippen LogP contribution < -0.4 is 15.4 Å². The number of hydrogen-bond acceptors (Lipinski definition) is 7. The van der Waals surface area contributed by atoms with Gasteiger partial charge in [0.2, 0.25) is 5.91 Å². The highest BCUT2D eigenvalue weighted by Crippen LogP contribution is 2.28. The number of nitrogens with one attached hydrogen (secondary N) is 2. The van der Waals surface area contributed by atoms with Crippen molar-refractivity contribution in [2.24, 2.45) is 0 Å². The number of nitro groups is 1. The zero-order chi connectivity index (χ0) is 22.3. The van der Waals surface area contributed by atoms with Gasteiger partial charge in [0.25, 0.3) is 5.91 Å². The summed E-state index contributed by atoms with van der Waals surface area (Å²) in [5.74, 6) is -1.99. The summed E-state index contributed by atoms with van der Waals surface area (Å²) in [6.07, 6.45) is 0. The zero-order valence-electron chi connectivity index (χ0n) is 16.7. The van der Waals surface area contributed by atoms with E-state index in [2.05, 4.69) is 15.4 Å². The van der Waals surface area contributed by atoms with E-state index in [-0.39, 0.29) is 17.9 Å². The Bertz CT molecular complexity index is 968. The van der Waals surface area contributed by atoms with Crippen LogP contribution in [0.15, 0.2) is 36.4 Å². The lowest BCUT2D eigenvalue weighted by molar-refractivity contribution is -0.385. The van der Waals surface area contributed by atoms with Gasteiger partial charge in [-0.25, -0.2) is 4.79 Å². The molecule has 0 saturated carbocycles. The number of esters is 1. The molecule has 0 aliphatic rings. The van der Waals surface area contributed by atoms with Gasteiger partial charge in [0.05, 0.1) is 24.1 Å². The van der Waals surface area contributed by atoms with Crippen LogP contribution in [-0.2, 0) is 14.3 Å². The number of ether oxygens (including phenoxy) is 2. The van der Waals surface area contributed by atoms with E-state index in [9.17, 15) is 24.5 Å². The van der Waals surface area contributed by atoms with Crippen LogP contribution >= 0.6 is 0 Å². The van der Waals surface area contributed by atoms with Gasteiger partial charge in [-0.05, 0) is 37.1 Å². The molecule has 2 rings (SSSR count). The molecule has 158 valence electrons. The number of para-hydroxylation sites is 1. The van der Waals surface area contributed by atoms with Crippen molar-refractivity contribution < 1.29 is 28.8 Å². The van der Waals surface area contributed by atoms with Crippen molar-refractivity contribution in [1.82, 2.24) is 5.32 Å². The molecule has 0 unspecified atom stereocenters. The Morgan fingerprint density at radius 1 is 1.07 bits per heavy atom. The molecule has 2 aromatic rings. The maximum Gasteiger partial charge on any atom is 0.338 e. The van der Waals surface area contributed by atoms with Gasteiger partial charge in [0, 0.05) is 11.8 Å². The Morgan fingerprint density at radius 3 is 2.33 bits per heavy atom. The van der Waals surface area contributed by atoms with Crippen molar-refractivity contribution in [3.8, 4) is 5.75 Å². The minimum atomic E-state index is -0.739. The number of rotatable bonds is 8. The highest BCUT2D eigenvalue weighted by molar-refractivity contribution is 5.96. The number of nitrogens with zero attached hydrogens (tertiary/aromatic N) is 1. The van der Waals surface area contributed by atoms with Gasteiger partial charge >= 0.3 is 11.7 Å². The third-order valence-electron chi connectivity index (χ3n) is 4.13. The highest BCUT2D eigenvalue weighted by Gasteiger charge is 2.20. The van der Waals surface area contributed by atoms with E-state index in [0.29, 0.717) is 5.69 Å². The van der Waals surface area contributed by atoms with Crippen LogP contribution in [0.5, 0.6) is 5.75 Å². The summed E-state index contributed by atoms with van der Waals surface area (Å²) >= 11 is 0. The van der Waals surface area contributed by atoms with Crippen LogP contribution in [0.25, 0.3) is 0 Å². The van der Waals surface area contributed by atoms with Crippen molar-refractivity contribution in [1.29, 1.82) is 0 Å². The molecule has 2 N–H and O–H groups in total. The van der Waals surface area contributed by atoms with E-state index in [0.717, 1.165) is 24.3 Å². The van der Waals surface area contributed by atoms with Crippen molar-refractivity contribution in [3.05, 3.63) is 63.2 Å². The molecule has 0 spiro atoms. The van der Waals surface area contributed by atoms with Crippen LogP contribution in [0.3, 0.4) is 0 Å². The molecule has 30 heavy (non-hydrogen) atoms. The van der Waals surface area contributed by atoms with E-state index < -0.39 is 35.0 Å². The number of benzene rings is 2. The predicted octanol–water partition coefficient (Wildman–Crippen LogP) is 2.13. The number of carbonyl (C=O) groups excluding carboxylic acids is 3. The van der Waals surface area contributed by atoms with Crippen molar-refractivity contribution >= 4 is 29.2 Å². The number of hydrogen-bond donors (Lipinski definition) is 2. The van der Waals surface area contributed by atoms with E-state index in [1.165, 1.54) is 12.1 Å². The monoisotopic (exact) mass is 415 g/mol. The number of methoxy groups -OCH3 is 1. The molecule has 10 heteroatoms. The van der Waals surface area contributed by atoms with Gasteiger partial charge in [0.1, 0.15) is 0 Å². The molecule has 0 aliphatic carbocycles. The van der Waals surface area contributed by atoms with Crippen LogP contribution in [0.2, 0.25) is 0 Å². The lowest BCUT2D eigenvalue weighted by Crippen LogP contribution is -2.36. The Kier molecular flexibility index (Phi) is 7.45. The second-order valence-corrected chi connectivity index (χ2v) is 6.31. The second kappa shape index (κ2) is 10.0. The summed E-state index contributed by atoms with van der Waals surface area (Å²) in [4.78, 5) is 46.0. The lowest BCUT2D eigenvalue weighted by Gasteiger charge is -2.12. The summed E-state index contributed by atoms with van der Waals surface area (Å²) in [6, 6.07) is 9.06. The topological polar surface area (TPSA) is 137 Å². The molecule has 0 radical (unpaired) electrons.